The van der Waals surface area contributed by atoms with Gasteiger partial charge in [-0.25, -0.2) is 17.9 Å². The average molecular weight is 337 g/mol. The minimum atomic E-state index is -3.45. The molecule has 0 aliphatic rings. The second-order valence-corrected chi connectivity index (χ2v) is 6.84. The van der Waals surface area contributed by atoms with Gasteiger partial charge in [0.1, 0.15) is 5.82 Å². The summed E-state index contributed by atoms with van der Waals surface area (Å²) in [7, 11) is -0.353. The van der Waals surface area contributed by atoms with Gasteiger partial charge < -0.3 is 5.32 Å². The van der Waals surface area contributed by atoms with Crippen molar-refractivity contribution in [1.82, 2.24) is 19.8 Å². The number of nitrogens with one attached hydrogen (secondary N) is 3. The number of benzene rings is 1. The van der Waals surface area contributed by atoms with E-state index in [4.69, 9.17) is 0 Å². The third-order valence-electron chi connectivity index (χ3n) is 3.20. The highest BCUT2D eigenvalue weighted by Crippen LogP contribution is 2.10. The molecule has 0 fully saturated rings. The number of aryl methyl sites for hydroxylation is 2. The number of carbonyl (C=O) groups is 1. The van der Waals surface area contributed by atoms with Crippen molar-refractivity contribution in [2.75, 3.05) is 12.4 Å². The van der Waals surface area contributed by atoms with Gasteiger partial charge in [-0.2, -0.15) is 5.10 Å². The first-order chi connectivity index (χ1) is 10.8. The van der Waals surface area contributed by atoms with Crippen molar-refractivity contribution < 1.29 is 13.2 Å². The molecule has 23 heavy (non-hydrogen) atoms. The molecule has 8 nitrogen and oxygen atoms in total. The summed E-state index contributed by atoms with van der Waals surface area (Å²) in [5.41, 5.74) is 1.60. The van der Waals surface area contributed by atoms with Crippen LogP contribution in [0.2, 0.25) is 0 Å². The fourth-order valence-electron chi connectivity index (χ4n) is 1.97. The molecular formula is C14H19N5O3S. The predicted molar refractivity (Wildman–Crippen MR) is 86.5 cm³/mol. The second kappa shape index (κ2) is 6.80. The van der Waals surface area contributed by atoms with Gasteiger partial charge in [0.2, 0.25) is 10.0 Å². The summed E-state index contributed by atoms with van der Waals surface area (Å²) in [4.78, 5) is 12.0. The quantitative estimate of drug-likeness (QED) is 0.755. The molecule has 0 aliphatic carbocycles. The van der Waals surface area contributed by atoms with Crippen molar-refractivity contribution in [3.63, 3.8) is 0 Å². The molecule has 2 amide bonds. The number of anilines is 1. The normalized spacial score (nSPS) is 11.3. The lowest BCUT2D eigenvalue weighted by Gasteiger charge is -2.08. The van der Waals surface area contributed by atoms with E-state index >= 15 is 0 Å². The zero-order chi connectivity index (χ0) is 17.0. The lowest BCUT2D eigenvalue weighted by Crippen LogP contribution is -2.29. The number of nitrogens with zero attached hydrogens (tertiary/aromatic N) is 2. The van der Waals surface area contributed by atoms with E-state index in [1.807, 2.05) is 6.92 Å². The summed E-state index contributed by atoms with van der Waals surface area (Å²) in [5.74, 6) is 0.593. The summed E-state index contributed by atoms with van der Waals surface area (Å²) in [6.45, 7) is 2.12. The van der Waals surface area contributed by atoms with E-state index in [0.29, 0.717) is 5.82 Å². The lowest BCUT2D eigenvalue weighted by atomic mass is 10.2. The topological polar surface area (TPSA) is 105 Å². The van der Waals surface area contributed by atoms with E-state index in [1.54, 1.807) is 29.9 Å². The summed E-state index contributed by atoms with van der Waals surface area (Å²) in [6.07, 6.45) is 0. The molecule has 2 aromatic rings. The van der Waals surface area contributed by atoms with Gasteiger partial charge in [0.05, 0.1) is 10.6 Å². The second-order valence-electron chi connectivity index (χ2n) is 4.95. The highest BCUT2D eigenvalue weighted by atomic mass is 32.2. The number of carbonyl (C=O) groups excluding carboxylic acids is 1. The van der Waals surface area contributed by atoms with E-state index in [-0.39, 0.29) is 17.5 Å². The van der Waals surface area contributed by atoms with Crippen LogP contribution in [-0.2, 0) is 23.6 Å². The van der Waals surface area contributed by atoms with Crippen molar-refractivity contribution in [2.24, 2.45) is 7.05 Å². The molecule has 0 spiro atoms. The van der Waals surface area contributed by atoms with E-state index in [1.165, 1.54) is 19.2 Å². The molecule has 0 aliphatic heterocycles. The molecule has 9 heteroatoms. The molecule has 3 N–H and O–H groups in total. The Morgan fingerprint density at radius 3 is 2.43 bits per heavy atom. The summed E-state index contributed by atoms with van der Waals surface area (Å²) in [6, 6.07) is 7.69. The Balaban J connectivity index is 1.93. The lowest BCUT2D eigenvalue weighted by molar-refractivity contribution is 0.251. The Labute approximate surface area is 134 Å². The third kappa shape index (κ3) is 4.30. The van der Waals surface area contributed by atoms with Crippen LogP contribution >= 0.6 is 0 Å². The van der Waals surface area contributed by atoms with Crippen molar-refractivity contribution in [3.05, 3.63) is 41.6 Å². The molecule has 0 saturated carbocycles. The van der Waals surface area contributed by atoms with Crippen LogP contribution < -0.4 is 15.4 Å². The summed E-state index contributed by atoms with van der Waals surface area (Å²) < 4.78 is 27.1. The standard InChI is InChI=1S/C14H19N5O3S/c1-10-8-13(19(3)18-10)17-14(20)16-9-11-4-6-12(7-5-11)23(21,22)15-2/h4-8,15H,9H2,1-3H3,(H2,16,17,20). The van der Waals surface area contributed by atoms with Crippen LogP contribution in [-0.4, -0.2) is 31.3 Å². The first-order valence-electron chi connectivity index (χ1n) is 6.90. The van der Waals surface area contributed by atoms with E-state index in [9.17, 15) is 13.2 Å². The number of hydrogen-bond donors (Lipinski definition) is 3. The zero-order valence-corrected chi connectivity index (χ0v) is 13.9. The Hall–Kier alpha value is -2.39. The van der Waals surface area contributed by atoms with Crippen molar-refractivity contribution in [1.29, 1.82) is 0 Å². The first-order valence-corrected chi connectivity index (χ1v) is 8.38. The SMILES string of the molecule is CNS(=O)(=O)c1ccc(CNC(=O)Nc2cc(C)nn2C)cc1. The smallest absolute Gasteiger partial charge is 0.320 e. The Morgan fingerprint density at radius 1 is 1.26 bits per heavy atom. The summed E-state index contributed by atoms with van der Waals surface area (Å²) in [5, 5.41) is 9.52. The van der Waals surface area contributed by atoms with Gasteiger partial charge >= 0.3 is 6.03 Å². The van der Waals surface area contributed by atoms with Crippen molar-refractivity contribution >= 4 is 21.9 Å². The first kappa shape index (κ1) is 17.0. The van der Waals surface area contributed by atoms with E-state index in [0.717, 1.165) is 11.3 Å². The highest BCUT2D eigenvalue weighted by Gasteiger charge is 2.11. The zero-order valence-electron chi connectivity index (χ0n) is 13.1. The minimum absolute atomic E-state index is 0.179. The minimum Gasteiger partial charge on any atom is -0.334 e. The maximum Gasteiger partial charge on any atom is 0.320 e. The molecule has 0 bridgehead atoms. The van der Waals surface area contributed by atoms with E-state index < -0.39 is 10.0 Å². The fourth-order valence-corrected chi connectivity index (χ4v) is 2.70. The van der Waals surface area contributed by atoms with Crippen LogP contribution in [0.25, 0.3) is 0 Å². The number of amides is 2. The molecule has 0 saturated heterocycles. The van der Waals surface area contributed by atoms with Gasteiger partial charge in [0, 0.05) is 19.7 Å². The Kier molecular flexibility index (Phi) is 5.02. The molecule has 1 aromatic heterocycles. The van der Waals surface area contributed by atoms with Crippen LogP contribution in [0.4, 0.5) is 10.6 Å². The molecule has 0 radical (unpaired) electrons. The average Bonchev–Trinajstić information content (AvgIpc) is 2.83. The maximum atomic E-state index is 11.9. The van der Waals surface area contributed by atoms with Crippen LogP contribution in [0, 0.1) is 6.92 Å². The molecule has 124 valence electrons. The van der Waals surface area contributed by atoms with Gasteiger partial charge in [-0.15, -0.1) is 0 Å². The molecule has 1 heterocycles. The number of sulfonamides is 1. The molecule has 0 atom stereocenters. The van der Waals surface area contributed by atoms with E-state index in [2.05, 4.69) is 20.5 Å². The number of rotatable bonds is 5. The number of hydrogen-bond acceptors (Lipinski definition) is 4. The van der Waals surface area contributed by atoms with Crippen molar-refractivity contribution in [3.8, 4) is 0 Å². The van der Waals surface area contributed by atoms with Crippen LogP contribution in [0.15, 0.2) is 35.2 Å². The molecule has 1 aromatic carbocycles. The molecule has 0 unspecified atom stereocenters. The summed E-state index contributed by atoms with van der Waals surface area (Å²) >= 11 is 0. The van der Waals surface area contributed by atoms with Gasteiger partial charge in [-0.05, 0) is 31.7 Å². The predicted octanol–water partition coefficient (Wildman–Crippen LogP) is 0.958. The maximum absolute atomic E-state index is 11.9. The van der Waals surface area contributed by atoms with Crippen LogP contribution in [0.3, 0.4) is 0 Å². The Bertz CT molecular complexity index is 796. The van der Waals surface area contributed by atoms with Gasteiger partial charge in [0.25, 0.3) is 0 Å². The van der Waals surface area contributed by atoms with Crippen LogP contribution in [0.1, 0.15) is 11.3 Å². The largest absolute Gasteiger partial charge is 0.334 e. The number of aromatic nitrogens is 2. The highest BCUT2D eigenvalue weighted by molar-refractivity contribution is 7.89. The third-order valence-corrected chi connectivity index (χ3v) is 4.63. The Morgan fingerprint density at radius 2 is 1.91 bits per heavy atom. The van der Waals surface area contributed by atoms with Gasteiger partial charge in [0.15, 0.2) is 0 Å². The number of urea groups is 1. The van der Waals surface area contributed by atoms with Crippen molar-refractivity contribution in [2.45, 2.75) is 18.4 Å². The monoisotopic (exact) mass is 337 g/mol. The van der Waals surface area contributed by atoms with Gasteiger partial charge in [-0.3, -0.25) is 10.00 Å². The molecular weight excluding hydrogens is 318 g/mol. The fraction of sp³-hybridized carbons (Fsp3) is 0.286. The molecule has 2 rings (SSSR count). The van der Waals surface area contributed by atoms with Crippen LogP contribution in [0.5, 0.6) is 0 Å². The van der Waals surface area contributed by atoms with Gasteiger partial charge in [-0.1, -0.05) is 12.1 Å².